The molecule has 0 unspecified atom stereocenters. The van der Waals surface area contributed by atoms with E-state index >= 15 is 0 Å². The third-order valence-corrected chi connectivity index (χ3v) is 4.12. The number of hydrogen-bond donors (Lipinski definition) is 1. The van der Waals surface area contributed by atoms with Crippen molar-refractivity contribution in [3.8, 4) is 5.75 Å². The lowest BCUT2D eigenvalue weighted by molar-refractivity contribution is -0.121. The number of aliphatic hydroxyl groups excluding tert-OH is 1. The highest BCUT2D eigenvalue weighted by Crippen LogP contribution is 2.33. The zero-order valence-corrected chi connectivity index (χ0v) is 14.6. The summed E-state index contributed by atoms with van der Waals surface area (Å²) in [5.41, 5.74) is 1.97. The molecule has 1 aliphatic rings. The van der Waals surface area contributed by atoms with Gasteiger partial charge in [0.15, 0.2) is 0 Å². The van der Waals surface area contributed by atoms with Crippen LogP contribution in [0.5, 0.6) is 5.75 Å². The molecule has 142 valence electrons. The van der Waals surface area contributed by atoms with Crippen molar-refractivity contribution in [3.05, 3.63) is 60.4 Å². The molecule has 0 aliphatic carbocycles. The van der Waals surface area contributed by atoms with Crippen molar-refractivity contribution < 1.29 is 23.4 Å². The van der Waals surface area contributed by atoms with E-state index in [1.54, 1.807) is 54.7 Å². The Hall–Kier alpha value is -3.00. The molecule has 0 spiro atoms. The van der Waals surface area contributed by atoms with Crippen LogP contribution in [0.15, 0.2) is 54.9 Å². The second-order valence-electron chi connectivity index (χ2n) is 5.99. The molecule has 1 aliphatic heterocycles. The Morgan fingerprint density at radius 2 is 2.00 bits per heavy atom. The molecule has 1 atom stereocenters. The standard InChI is InChI=1S/C19H19F2N3O3/c1-13(12-25)23-17(14-4-6-16(7-5-14)27-19(20)21)8-9-18(26)24(23)15-3-2-10-22-11-15/h2-8,10-11,13,19,25H,9,12H2,1H3/t13-/m0/s1. The van der Waals surface area contributed by atoms with Crippen molar-refractivity contribution in [2.75, 3.05) is 11.6 Å². The summed E-state index contributed by atoms with van der Waals surface area (Å²) >= 11 is 0. The first kappa shape index (κ1) is 18.8. The maximum absolute atomic E-state index is 12.6. The van der Waals surface area contributed by atoms with Crippen molar-refractivity contribution in [1.29, 1.82) is 0 Å². The monoisotopic (exact) mass is 375 g/mol. The van der Waals surface area contributed by atoms with Gasteiger partial charge in [0, 0.05) is 12.6 Å². The predicted octanol–water partition coefficient (Wildman–Crippen LogP) is 3.06. The van der Waals surface area contributed by atoms with Crippen LogP contribution >= 0.6 is 0 Å². The van der Waals surface area contributed by atoms with Gasteiger partial charge in [0.2, 0.25) is 5.91 Å². The fourth-order valence-electron chi connectivity index (χ4n) is 2.91. The second kappa shape index (κ2) is 8.13. The SMILES string of the molecule is C[C@@H](CO)N1C(c2ccc(OC(F)F)cc2)=CCC(=O)N1c1cccnc1. The summed E-state index contributed by atoms with van der Waals surface area (Å²) in [5, 5.41) is 12.9. The van der Waals surface area contributed by atoms with E-state index in [0.29, 0.717) is 16.9 Å². The zero-order chi connectivity index (χ0) is 19.4. The summed E-state index contributed by atoms with van der Waals surface area (Å²) in [6.45, 7) is -1.30. The van der Waals surface area contributed by atoms with Crippen molar-refractivity contribution in [2.24, 2.45) is 0 Å². The highest BCUT2D eigenvalue weighted by Gasteiger charge is 2.32. The first-order chi connectivity index (χ1) is 13.0. The van der Waals surface area contributed by atoms with E-state index in [4.69, 9.17) is 0 Å². The minimum Gasteiger partial charge on any atom is -0.435 e. The fraction of sp³-hybridized carbons (Fsp3) is 0.263. The van der Waals surface area contributed by atoms with Crippen LogP contribution in [0.4, 0.5) is 14.5 Å². The lowest BCUT2D eigenvalue weighted by atomic mass is 10.1. The number of carbonyl (C=O) groups is 1. The summed E-state index contributed by atoms with van der Waals surface area (Å²) in [4.78, 5) is 16.7. The summed E-state index contributed by atoms with van der Waals surface area (Å²) in [6, 6.07) is 9.22. The number of ether oxygens (including phenoxy) is 1. The van der Waals surface area contributed by atoms with Crippen LogP contribution in [0.1, 0.15) is 18.9 Å². The van der Waals surface area contributed by atoms with Crippen LogP contribution in [0.3, 0.4) is 0 Å². The highest BCUT2D eigenvalue weighted by atomic mass is 19.3. The highest BCUT2D eigenvalue weighted by molar-refractivity contribution is 5.97. The van der Waals surface area contributed by atoms with E-state index in [9.17, 15) is 18.7 Å². The van der Waals surface area contributed by atoms with Gasteiger partial charge in [0.1, 0.15) is 5.75 Å². The number of benzene rings is 1. The molecule has 1 N–H and O–H groups in total. The number of nitrogens with zero attached hydrogens (tertiary/aromatic N) is 3. The number of hydrogen-bond acceptors (Lipinski definition) is 5. The number of carbonyl (C=O) groups excluding carboxylic acids is 1. The molecule has 0 radical (unpaired) electrons. The number of halogens is 2. The van der Waals surface area contributed by atoms with Crippen LogP contribution in [0.2, 0.25) is 0 Å². The molecule has 1 aromatic heterocycles. The number of anilines is 1. The van der Waals surface area contributed by atoms with Gasteiger partial charge >= 0.3 is 6.61 Å². The summed E-state index contributed by atoms with van der Waals surface area (Å²) < 4.78 is 29.1. The van der Waals surface area contributed by atoms with E-state index in [1.807, 2.05) is 0 Å². The van der Waals surface area contributed by atoms with Crippen LogP contribution in [-0.4, -0.2) is 40.3 Å². The molecule has 2 aromatic rings. The molecule has 0 saturated heterocycles. The number of amides is 1. The Bertz CT molecular complexity index is 813. The summed E-state index contributed by atoms with van der Waals surface area (Å²) in [7, 11) is 0. The predicted molar refractivity (Wildman–Crippen MR) is 95.8 cm³/mol. The largest absolute Gasteiger partial charge is 0.435 e. The molecule has 27 heavy (non-hydrogen) atoms. The Balaban J connectivity index is 1.99. The van der Waals surface area contributed by atoms with Gasteiger partial charge in [-0.1, -0.05) is 0 Å². The van der Waals surface area contributed by atoms with Gasteiger partial charge in [-0.2, -0.15) is 8.78 Å². The Kier molecular flexibility index (Phi) is 5.66. The lowest BCUT2D eigenvalue weighted by Crippen LogP contribution is -2.53. The zero-order valence-electron chi connectivity index (χ0n) is 14.6. The number of hydrazine groups is 1. The van der Waals surface area contributed by atoms with Gasteiger partial charge in [-0.3, -0.25) is 14.8 Å². The van der Waals surface area contributed by atoms with Crippen molar-refractivity contribution >= 4 is 17.3 Å². The smallest absolute Gasteiger partial charge is 0.387 e. The van der Waals surface area contributed by atoms with Crippen LogP contribution in [0, 0.1) is 0 Å². The first-order valence-electron chi connectivity index (χ1n) is 8.39. The van der Waals surface area contributed by atoms with E-state index in [0.717, 1.165) is 0 Å². The number of aliphatic hydroxyl groups is 1. The second-order valence-corrected chi connectivity index (χ2v) is 5.99. The number of pyridine rings is 1. The molecule has 0 saturated carbocycles. The Morgan fingerprint density at radius 3 is 2.59 bits per heavy atom. The normalized spacial score (nSPS) is 15.7. The molecule has 6 nitrogen and oxygen atoms in total. The average molecular weight is 375 g/mol. The molecule has 2 heterocycles. The van der Waals surface area contributed by atoms with Gasteiger partial charge in [-0.05, 0) is 55.0 Å². The molecule has 1 aromatic carbocycles. The minimum absolute atomic E-state index is 0.0482. The molecule has 3 rings (SSSR count). The van der Waals surface area contributed by atoms with Gasteiger partial charge in [0.25, 0.3) is 0 Å². The van der Waals surface area contributed by atoms with Crippen LogP contribution in [0.25, 0.3) is 5.70 Å². The first-order valence-corrected chi connectivity index (χ1v) is 8.39. The Morgan fingerprint density at radius 1 is 1.26 bits per heavy atom. The quantitative estimate of drug-likeness (QED) is 0.841. The summed E-state index contributed by atoms with van der Waals surface area (Å²) in [5.74, 6) is -0.114. The lowest BCUT2D eigenvalue weighted by Gasteiger charge is -2.43. The van der Waals surface area contributed by atoms with Gasteiger partial charge in [-0.25, -0.2) is 5.01 Å². The topological polar surface area (TPSA) is 65.9 Å². The maximum Gasteiger partial charge on any atom is 0.387 e. The molecule has 0 bridgehead atoms. The van der Waals surface area contributed by atoms with Crippen molar-refractivity contribution in [1.82, 2.24) is 9.99 Å². The van der Waals surface area contributed by atoms with Crippen molar-refractivity contribution in [2.45, 2.75) is 26.0 Å². The Labute approximate surface area is 155 Å². The van der Waals surface area contributed by atoms with E-state index in [-0.39, 0.29) is 24.7 Å². The molecular weight excluding hydrogens is 356 g/mol. The molecule has 8 heteroatoms. The number of aromatic nitrogens is 1. The molecular formula is C19H19F2N3O3. The van der Waals surface area contributed by atoms with E-state index in [1.165, 1.54) is 17.1 Å². The van der Waals surface area contributed by atoms with E-state index in [2.05, 4.69) is 9.72 Å². The minimum atomic E-state index is -2.89. The molecule has 0 fully saturated rings. The maximum atomic E-state index is 12.6. The number of rotatable bonds is 6. The van der Waals surface area contributed by atoms with Crippen LogP contribution in [-0.2, 0) is 4.79 Å². The third kappa shape index (κ3) is 4.06. The molecule has 1 amide bonds. The van der Waals surface area contributed by atoms with Crippen LogP contribution < -0.4 is 9.75 Å². The average Bonchev–Trinajstić information content (AvgIpc) is 2.68. The van der Waals surface area contributed by atoms with Gasteiger partial charge in [-0.15, -0.1) is 0 Å². The fourth-order valence-corrected chi connectivity index (χ4v) is 2.91. The third-order valence-electron chi connectivity index (χ3n) is 4.12. The van der Waals surface area contributed by atoms with E-state index < -0.39 is 12.7 Å². The van der Waals surface area contributed by atoms with Crippen molar-refractivity contribution in [3.63, 3.8) is 0 Å². The van der Waals surface area contributed by atoms with Gasteiger partial charge < -0.3 is 9.84 Å². The van der Waals surface area contributed by atoms with Gasteiger partial charge in [0.05, 0.1) is 30.2 Å². The number of alkyl halides is 2. The summed E-state index contributed by atoms with van der Waals surface area (Å²) in [6.07, 6.45) is 5.09.